The van der Waals surface area contributed by atoms with Gasteiger partial charge in [0, 0.05) is 11.6 Å². The molecule has 4 rings (SSSR count). The van der Waals surface area contributed by atoms with E-state index in [2.05, 4.69) is 0 Å². The summed E-state index contributed by atoms with van der Waals surface area (Å²) in [4.78, 5) is 23.1. The molecular formula is C24H14F3NO5. The lowest BCUT2D eigenvalue weighted by atomic mass is 10.1. The quantitative estimate of drug-likeness (QED) is 0.135. The number of hydrogen-bond donors (Lipinski definition) is 0. The molecule has 0 spiro atoms. The van der Waals surface area contributed by atoms with Crippen molar-refractivity contribution in [3.63, 3.8) is 0 Å². The Kier molecular flexibility index (Phi) is 5.70. The van der Waals surface area contributed by atoms with Crippen molar-refractivity contribution in [3.05, 3.63) is 106 Å². The second kappa shape index (κ2) is 8.62. The first-order chi connectivity index (χ1) is 15.7. The fourth-order valence-electron chi connectivity index (χ4n) is 3.14. The maximum absolute atomic E-state index is 12.9. The Morgan fingerprint density at radius 1 is 0.909 bits per heavy atom. The number of nitro groups is 1. The van der Waals surface area contributed by atoms with Gasteiger partial charge in [-0.1, -0.05) is 24.3 Å². The van der Waals surface area contributed by atoms with Crippen molar-refractivity contribution in [1.82, 2.24) is 0 Å². The first kappa shape index (κ1) is 21.8. The minimum atomic E-state index is -4.49. The van der Waals surface area contributed by atoms with Gasteiger partial charge in [0.2, 0.25) is 5.78 Å². The predicted octanol–water partition coefficient (Wildman–Crippen LogP) is 7.03. The fourth-order valence-corrected chi connectivity index (χ4v) is 3.14. The van der Waals surface area contributed by atoms with E-state index < -0.39 is 22.4 Å². The Balaban J connectivity index is 1.51. The summed E-state index contributed by atoms with van der Waals surface area (Å²) >= 11 is 0. The van der Waals surface area contributed by atoms with Crippen LogP contribution in [0.3, 0.4) is 0 Å². The van der Waals surface area contributed by atoms with Crippen molar-refractivity contribution < 1.29 is 31.7 Å². The second-order valence-corrected chi connectivity index (χ2v) is 6.92. The summed E-state index contributed by atoms with van der Waals surface area (Å²) in [6.07, 6.45) is -1.95. The number of carbonyl (C=O) groups is 1. The molecule has 0 fully saturated rings. The summed E-state index contributed by atoms with van der Waals surface area (Å²) in [5.41, 5.74) is -0.453. The van der Waals surface area contributed by atoms with Gasteiger partial charge in [-0.15, -0.1) is 0 Å². The molecule has 2 aromatic heterocycles. The zero-order valence-corrected chi connectivity index (χ0v) is 16.7. The highest BCUT2D eigenvalue weighted by Crippen LogP contribution is 2.33. The number of ketones is 1. The zero-order valence-electron chi connectivity index (χ0n) is 16.7. The van der Waals surface area contributed by atoms with Crippen LogP contribution in [0.5, 0.6) is 0 Å². The Labute approximate surface area is 184 Å². The van der Waals surface area contributed by atoms with Gasteiger partial charge < -0.3 is 8.83 Å². The molecule has 0 amide bonds. The molecule has 0 aliphatic rings. The number of benzene rings is 2. The highest BCUT2D eigenvalue weighted by Gasteiger charge is 2.30. The van der Waals surface area contributed by atoms with Gasteiger partial charge in [0.1, 0.15) is 17.3 Å². The number of hydrogen-bond acceptors (Lipinski definition) is 5. The van der Waals surface area contributed by atoms with E-state index in [1.54, 1.807) is 30.3 Å². The minimum Gasteiger partial charge on any atom is -0.456 e. The van der Waals surface area contributed by atoms with Crippen molar-refractivity contribution in [2.45, 2.75) is 6.18 Å². The average Bonchev–Trinajstić information content (AvgIpc) is 3.47. The van der Waals surface area contributed by atoms with Gasteiger partial charge in [-0.25, -0.2) is 0 Å². The molecule has 0 aliphatic carbocycles. The molecule has 0 radical (unpaired) electrons. The normalized spacial score (nSPS) is 11.7. The fraction of sp³-hybridized carbons (Fsp3) is 0.0417. The zero-order chi connectivity index (χ0) is 23.6. The lowest BCUT2D eigenvalue weighted by Gasteiger charge is -2.07. The van der Waals surface area contributed by atoms with Crippen molar-refractivity contribution >= 4 is 17.5 Å². The summed E-state index contributed by atoms with van der Waals surface area (Å²) in [5.74, 6) is 0.0657. The van der Waals surface area contributed by atoms with Crippen LogP contribution in [0.15, 0.2) is 87.7 Å². The smallest absolute Gasteiger partial charge is 0.416 e. The maximum atomic E-state index is 12.9. The summed E-state index contributed by atoms with van der Waals surface area (Å²) in [7, 11) is 0. The number of carbonyl (C=O) groups excluding carboxylic acids is 1. The number of rotatable bonds is 6. The van der Waals surface area contributed by atoms with Gasteiger partial charge in [-0.2, -0.15) is 13.2 Å². The van der Waals surface area contributed by atoms with Crippen LogP contribution in [0.25, 0.3) is 28.7 Å². The van der Waals surface area contributed by atoms with Crippen LogP contribution in [-0.2, 0) is 6.18 Å². The van der Waals surface area contributed by atoms with Gasteiger partial charge in [-0.3, -0.25) is 14.9 Å². The second-order valence-electron chi connectivity index (χ2n) is 6.92. The molecule has 0 atom stereocenters. The van der Waals surface area contributed by atoms with E-state index >= 15 is 0 Å². The number of nitrogens with zero attached hydrogens (tertiary/aromatic N) is 1. The van der Waals surface area contributed by atoms with Crippen LogP contribution < -0.4 is 0 Å². The van der Waals surface area contributed by atoms with Crippen LogP contribution in [0, 0.1) is 10.1 Å². The highest BCUT2D eigenvalue weighted by atomic mass is 19.4. The first-order valence-electron chi connectivity index (χ1n) is 9.56. The third-order valence-electron chi connectivity index (χ3n) is 4.72. The molecule has 0 saturated carbocycles. The average molecular weight is 453 g/mol. The molecule has 9 heteroatoms. The maximum Gasteiger partial charge on any atom is 0.416 e. The predicted molar refractivity (Wildman–Crippen MR) is 113 cm³/mol. The van der Waals surface area contributed by atoms with E-state index in [0.29, 0.717) is 5.56 Å². The number of alkyl halides is 3. The lowest BCUT2D eigenvalue weighted by Crippen LogP contribution is -2.04. The number of nitro benzene ring substituents is 1. The molecule has 6 nitrogen and oxygen atoms in total. The van der Waals surface area contributed by atoms with Crippen molar-refractivity contribution in [1.29, 1.82) is 0 Å². The largest absolute Gasteiger partial charge is 0.456 e. The summed E-state index contributed by atoms with van der Waals surface area (Å²) in [6.45, 7) is 0. The SMILES string of the molecule is O=C(C=Cc1ccc(-c2ccccc2[N+](=O)[O-])o1)c1ccc(-c2cccc(C(F)(F)F)c2)o1. The van der Waals surface area contributed by atoms with Gasteiger partial charge in [0.05, 0.1) is 16.1 Å². The van der Waals surface area contributed by atoms with Gasteiger partial charge in [-0.05, 0) is 54.6 Å². The van der Waals surface area contributed by atoms with Gasteiger partial charge in [0.25, 0.3) is 5.69 Å². The topological polar surface area (TPSA) is 86.5 Å². The van der Waals surface area contributed by atoms with Crippen molar-refractivity contribution in [3.8, 4) is 22.6 Å². The van der Waals surface area contributed by atoms with Crippen LogP contribution in [0.1, 0.15) is 21.9 Å². The third kappa shape index (κ3) is 4.77. The molecule has 166 valence electrons. The van der Waals surface area contributed by atoms with E-state index in [0.717, 1.165) is 12.1 Å². The lowest BCUT2D eigenvalue weighted by molar-refractivity contribution is -0.384. The van der Waals surface area contributed by atoms with E-state index in [-0.39, 0.29) is 34.3 Å². The molecule has 0 saturated heterocycles. The number of allylic oxidation sites excluding steroid dienone is 1. The summed E-state index contributed by atoms with van der Waals surface area (Å²) < 4.78 is 49.8. The standard InChI is InChI=1S/C24H14F3NO5/c25-24(26,27)16-5-3-4-15(14-16)21-12-13-23(33-21)20(29)10-8-17-9-11-22(32-17)18-6-1-2-7-19(18)28(30)31/h1-14H. The molecule has 33 heavy (non-hydrogen) atoms. The Hall–Kier alpha value is -4.40. The summed E-state index contributed by atoms with van der Waals surface area (Å²) in [6, 6.07) is 16.6. The highest BCUT2D eigenvalue weighted by molar-refractivity contribution is 6.05. The van der Waals surface area contributed by atoms with Gasteiger partial charge >= 0.3 is 6.18 Å². The van der Waals surface area contributed by atoms with Crippen LogP contribution >= 0.6 is 0 Å². The summed E-state index contributed by atoms with van der Waals surface area (Å²) in [5, 5.41) is 11.2. The molecule has 2 aromatic carbocycles. The Morgan fingerprint density at radius 2 is 1.67 bits per heavy atom. The van der Waals surface area contributed by atoms with E-state index in [4.69, 9.17) is 8.83 Å². The van der Waals surface area contributed by atoms with E-state index in [9.17, 15) is 28.1 Å². The molecule has 4 aromatic rings. The molecule has 0 aliphatic heterocycles. The van der Waals surface area contributed by atoms with Crippen LogP contribution in [0.2, 0.25) is 0 Å². The molecule has 2 heterocycles. The first-order valence-corrected chi connectivity index (χ1v) is 9.56. The molecule has 0 bridgehead atoms. The van der Waals surface area contributed by atoms with Gasteiger partial charge in [0.15, 0.2) is 5.76 Å². The monoisotopic (exact) mass is 453 g/mol. The molecule has 0 unspecified atom stereocenters. The van der Waals surface area contributed by atoms with Crippen molar-refractivity contribution in [2.75, 3.05) is 0 Å². The van der Waals surface area contributed by atoms with Crippen molar-refractivity contribution in [2.24, 2.45) is 0 Å². The number of para-hydroxylation sites is 1. The Morgan fingerprint density at radius 3 is 2.42 bits per heavy atom. The third-order valence-corrected chi connectivity index (χ3v) is 4.72. The van der Waals surface area contributed by atoms with Crippen LogP contribution in [-0.4, -0.2) is 10.7 Å². The van der Waals surface area contributed by atoms with Crippen LogP contribution in [0.4, 0.5) is 18.9 Å². The molecular weight excluding hydrogens is 439 g/mol. The van der Waals surface area contributed by atoms with E-state index in [1.807, 2.05) is 0 Å². The van der Waals surface area contributed by atoms with E-state index in [1.165, 1.54) is 42.5 Å². The molecule has 0 N–H and O–H groups in total. The number of halogens is 3. The number of furan rings is 2. The Bertz CT molecular complexity index is 1360. The minimum absolute atomic E-state index is 0.0656.